The number of carbonyl (C=O) groups is 1. The Labute approximate surface area is 125 Å². The summed E-state index contributed by atoms with van der Waals surface area (Å²) in [5.41, 5.74) is 6.10. The summed E-state index contributed by atoms with van der Waals surface area (Å²) in [5, 5.41) is 3.18. The maximum absolute atomic E-state index is 12.2. The van der Waals surface area contributed by atoms with Gasteiger partial charge in [-0.15, -0.1) is 0 Å². The highest BCUT2D eigenvalue weighted by Gasteiger charge is 2.20. The second-order valence-electron chi connectivity index (χ2n) is 4.60. The van der Waals surface area contributed by atoms with E-state index in [-0.39, 0.29) is 17.7 Å². The molecule has 0 aliphatic carbocycles. The van der Waals surface area contributed by atoms with Crippen molar-refractivity contribution in [2.75, 3.05) is 24.7 Å². The summed E-state index contributed by atoms with van der Waals surface area (Å²) in [6.07, 6.45) is 1.57. The summed E-state index contributed by atoms with van der Waals surface area (Å²) in [5.74, 6) is -0.389. The summed E-state index contributed by atoms with van der Waals surface area (Å²) < 4.78 is 17.4. The van der Waals surface area contributed by atoms with Crippen LogP contribution in [-0.2, 0) is 20.3 Å². The Kier molecular flexibility index (Phi) is 5.39. The maximum atomic E-state index is 12.2. The van der Waals surface area contributed by atoms with E-state index in [0.717, 1.165) is 12.8 Å². The smallest absolute Gasteiger partial charge is 0.233 e. The van der Waals surface area contributed by atoms with E-state index < -0.39 is 10.8 Å². The molecule has 1 atom stereocenters. The van der Waals surface area contributed by atoms with Crippen molar-refractivity contribution in [2.24, 2.45) is 0 Å². The van der Waals surface area contributed by atoms with Crippen LogP contribution in [0.3, 0.4) is 0 Å². The molecule has 0 spiro atoms. The van der Waals surface area contributed by atoms with Crippen LogP contribution in [0.2, 0.25) is 5.02 Å². The quantitative estimate of drug-likeness (QED) is 0.821. The topological polar surface area (TPSA) is 81.4 Å². The molecular weight excluding hydrogens is 300 g/mol. The van der Waals surface area contributed by atoms with Crippen LogP contribution < -0.4 is 11.1 Å². The van der Waals surface area contributed by atoms with Gasteiger partial charge in [-0.2, -0.15) is 0 Å². The Morgan fingerprint density at radius 2 is 2.15 bits per heavy atom. The number of halogens is 1. The summed E-state index contributed by atoms with van der Waals surface area (Å²) in [6.45, 7) is 1.29. The molecule has 1 heterocycles. The maximum Gasteiger partial charge on any atom is 0.233 e. The highest BCUT2D eigenvalue weighted by molar-refractivity contribution is 7.86. The number of anilines is 1. The molecule has 5 nitrogen and oxygen atoms in total. The Hall–Kier alpha value is -1.11. The minimum absolute atomic E-state index is 0.0943. The van der Waals surface area contributed by atoms with Crippen LogP contribution in [0.15, 0.2) is 23.1 Å². The lowest BCUT2D eigenvalue weighted by Gasteiger charge is -2.23. The number of benzene rings is 1. The third-order valence-corrected chi connectivity index (χ3v) is 4.94. The van der Waals surface area contributed by atoms with Gasteiger partial charge in [-0.1, -0.05) is 17.7 Å². The fourth-order valence-electron chi connectivity index (χ4n) is 2.07. The summed E-state index contributed by atoms with van der Waals surface area (Å²) in [7, 11) is -1.54. The first-order valence-electron chi connectivity index (χ1n) is 6.37. The van der Waals surface area contributed by atoms with Crippen molar-refractivity contribution in [1.82, 2.24) is 5.32 Å². The van der Waals surface area contributed by atoms with E-state index in [4.69, 9.17) is 22.1 Å². The number of nitrogens with one attached hydrogen (secondary N) is 1. The van der Waals surface area contributed by atoms with Gasteiger partial charge >= 0.3 is 0 Å². The Morgan fingerprint density at radius 3 is 2.80 bits per heavy atom. The van der Waals surface area contributed by atoms with E-state index in [1.54, 1.807) is 18.2 Å². The van der Waals surface area contributed by atoms with Gasteiger partial charge in [-0.3, -0.25) is 9.00 Å². The van der Waals surface area contributed by atoms with Gasteiger partial charge in [0.1, 0.15) is 5.75 Å². The molecule has 0 aromatic heterocycles. The van der Waals surface area contributed by atoms with E-state index in [0.29, 0.717) is 28.8 Å². The van der Waals surface area contributed by atoms with Gasteiger partial charge in [0, 0.05) is 24.9 Å². The van der Waals surface area contributed by atoms with Crippen LogP contribution in [0.25, 0.3) is 0 Å². The van der Waals surface area contributed by atoms with Gasteiger partial charge in [0.25, 0.3) is 0 Å². The lowest BCUT2D eigenvalue weighted by molar-refractivity contribution is -0.119. The van der Waals surface area contributed by atoms with Crippen LogP contribution in [0, 0.1) is 0 Å². The Bertz CT molecular complexity index is 498. The van der Waals surface area contributed by atoms with Crippen LogP contribution >= 0.6 is 11.6 Å². The van der Waals surface area contributed by atoms with E-state index >= 15 is 0 Å². The molecule has 0 bridgehead atoms. The van der Waals surface area contributed by atoms with E-state index in [1.165, 1.54) is 0 Å². The van der Waals surface area contributed by atoms with E-state index in [1.807, 2.05) is 0 Å². The van der Waals surface area contributed by atoms with Crippen molar-refractivity contribution in [3.8, 4) is 0 Å². The predicted octanol–water partition coefficient (Wildman–Crippen LogP) is 1.33. The molecule has 1 aromatic carbocycles. The number of ether oxygens (including phenoxy) is 1. The molecule has 1 aliphatic rings. The highest BCUT2D eigenvalue weighted by Crippen LogP contribution is 2.25. The molecular formula is C13H17ClN2O3S. The predicted molar refractivity (Wildman–Crippen MR) is 79.1 cm³/mol. The summed E-state index contributed by atoms with van der Waals surface area (Å²) in [4.78, 5) is 12.2. The molecule has 1 aliphatic heterocycles. The number of carbonyl (C=O) groups excluding carboxylic acids is 1. The zero-order valence-electron chi connectivity index (χ0n) is 10.9. The molecule has 2 rings (SSSR count). The molecule has 0 saturated carbocycles. The van der Waals surface area contributed by atoms with Crippen molar-refractivity contribution >= 4 is 34.0 Å². The number of hydrogen-bond acceptors (Lipinski definition) is 4. The van der Waals surface area contributed by atoms with Gasteiger partial charge in [0.15, 0.2) is 0 Å². The van der Waals surface area contributed by atoms with E-state index in [9.17, 15) is 9.00 Å². The lowest BCUT2D eigenvalue weighted by atomic mass is 10.1. The number of hydrogen-bond donors (Lipinski definition) is 2. The van der Waals surface area contributed by atoms with Gasteiger partial charge in [-0.25, -0.2) is 0 Å². The first-order valence-corrected chi connectivity index (χ1v) is 8.07. The van der Waals surface area contributed by atoms with Crippen molar-refractivity contribution in [2.45, 2.75) is 23.8 Å². The van der Waals surface area contributed by atoms with Gasteiger partial charge in [-0.05, 0) is 25.0 Å². The molecule has 1 unspecified atom stereocenters. The first kappa shape index (κ1) is 15.3. The number of nitrogen functional groups attached to an aromatic ring is 1. The first-order chi connectivity index (χ1) is 9.58. The lowest BCUT2D eigenvalue weighted by Crippen LogP contribution is -2.40. The summed E-state index contributed by atoms with van der Waals surface area (Å²) in [6, 6.07) is 5.01. The number of nitrogens with two attached hydrogens (primary N) is 1. The molecule has 1 saturated heterocycles. The van der Waals surface area contributed by atoms with E-state index in [2.05, 4.69) is 5.32 Å². The number of rotatable bonds is 4. The Morgan fingerprint density at radius 1 is 1.45 bits per heavy atom. The average molecular weight is 317 g/mol. The largest absolute Gasteiger partial charge is 0.398 e. The second-order valence-corrected chi connectivity index (χ2v) is 6.40. The van der Waals surface area contributed by atoms with Gasteiger partial charge < -0.3 is 15.8 Å². The Balaban J connectivity index is 1.95. The fourth-order valence-corrected chi connectivity index (χ4v) is 3.59. The minimum atomic E-state index is -1.54. The zero-order chi connectivity index (χ0) is 14.5. The minimum Gasteiger partial charge on any atom is -0.398 e. The fraction of sp³-hybridized carbons (Fsp3) is 0.462. The second kappa shape index (κ2) is 7.06. The standard InChI is InChI=1S/C13H17ClN2O3S/c14-10-2-1-3-11(15)13(10)20(18)8-12(17)16-9-4-6-19-7-5-9/h1-3,9H,4-8,15H2,(H,16,17). The highest BCUT2D eigenvalue weighted by atomic mass is 35.5. The molecule has 110 valence electrons. The average Bonchev–Trinajstić information content (AvgIpc) is 2.39. The SMILES string of the molecule is Nc1cccc(Cl)c1S(=O)CC(=O)NC1CCOCC1. The van der Waals surface area contributed by atoms with Crippen molar-refractivity contribution in [3.05, 3.63) is 23.2 Å². The molecule has 3 N–H and O–H groups in total. The zero-order valence-corrected chi connectivity index (χ0v) is 12.5. The van der Waals surface area contributed by atoms with Crippen LogP contribution in [0.4, 0.5) is 5.69 Å². The molecule has 7 heteroatoms. The molecule has 1 fully saturated rings. The third-order valence-electron chi connectivity index (χ3n) is 3.07. The third kappa shape index (κ3) is 3.94. The van der Waals surface area contributed by atoms with Crippen molar-refractivity contribution < 1.29 is 13.7 Å². The molecule has 1 aromatic rings. The van der Waals surface area contributed by atoms with Crippen molar-refractivity contribution in [3.63, 3.8) is 0 Å². The normalized spacial score (nSPS) is 17.6. The van der Waals surface area contributed by atoms with Gasteiger partial charge in [0.05, 0.1) is 20.7 Å². The summed E-state index contributed by atoms with van der Waals surface area (Å²) >= 11 is 5.98. The monoisotopic (exact) mass is 316 g/mol. The molecule has 20 heavy (non-hydrogen) atoms. The number of amides is 1. The molecule has 1 amide bonds. The van der Waals surface area contributed by atoms with Crippen LogP contribution in [0.5, 0.6) is 0 Å². The van der Waals surface area contributed by atoms with Gasteiger partial charge in [0.2, 0.25) is 5.91 Å². The van der Waals surface area contributed by atoms with Crippen LogP contribution in [0.1, 0.15) is 12.8 Å². The van der Waals surface area contributed by atoms with Crippen LogP contribution in [-0.4, -0.2) is 35.1 Å². The molecule has 0 radical (unpaired) electrons. The van der Waals surface area contributed by atoms with Crippen molar-refractivity contribution in [1.29, 1.82) is 0 Å².